The molecule has 0 bridgehead atoms. The summed E-state index contributed by atoms with van der Waals surface area (Å²) < 4.78 is 0. The summed E-state index contributed by atoms with van der Waals surface area (Å²) in [6, 6.07) is 13.9. The van der Waals surface area contributed by atoms with Crippen LogP contribution in [-0.4, -0.2) is 44.3 Å². The Hall–Kier alpha value is -3.56. The minimum atomic E-state index is -0.365. The lowest BCUT2D eigenvalue weighted by atomic mass is 10.1. The maximum absolute atomic E-state index is 12.5. The second kappa shape index (κ2) is 7.60. The molecular weight excluding hydrogens is 438 g/mol. The van der Waals surface area contributed by atoms with Crippen molar-refractivity contribution in [1.82, 2.24) is 20.1 Å². The van der Waals surface area contributed by atoms with E-state index >= 15 is 0 Å². The first-order chi connectivity index (χ1) is 15.0. The van der Waals surface area contributed by atoms with Gasteiger partial charge in [-0.2, -0.15) is 0 Å². The third kappa shape index (κ3) is 3.47. The summed E-state index contributed by atoms with van der Waals surface area (Å²) in [5.74, 6) is -0.984. The lowest BCUT2D eigenvalue weighted by molar-refractivity contribution is 0.0655. The van der Waals surface area contributed by atoms with Crippen LogP contribution < -0.4 is 5.32 Å². The second-order valence-corrected chi connectivity index (χ2v) is 8.37. The Morgan fingerprint density at radius 3 is 2.52 bits per heavy atom. The number of nitrogens with one attached hydrogen (secondary N) is 2. The average Bonchev–Trinajstić information content (AvgIpc) is 3.46. The summed E-state index contributed by atoms with van der Waals surface area (Å²) in [7, 11) is 0. The first-order valence-corrected chi connectivity index (χ1v) is 10.6. The predicted molar refractivity (Wildman–Crippen MR) is 117 cm³/mol. The number of para-hydroxylation sites is 1. The van der Waals surface area contributed by atoms with Gasteiger partial charge in [-0.3, -0.25) is 24.6 Å². The molecular formula is C21H14ClN5O3S. The first-order valence-electron chi connectivity index (χ1n) is 9.37. The number of aromatic amines is 1. The van der Waals surface area contributed by atoms with Crippen molar-refractivity contribution in [2.75, 3.05) is 11.9 Å². The molecule has 154 valence electrons. The fraction of sp³-hybridized carbons (Fsp3) is 0.0952. The number of fused-ring (bicyclic) bond motifs is 2. The highest BCUT2D eigenvalue weighted by Crippen LogP contribution is 2.25. The van der Waals surface area contributed by atoms with E-state index in [0.717, 1.165) is 5.39 Å². The van der Waals surface area contributed by atoms with Crippen LogP contribution in [-0.2, 0) is 6.42 Å². The molecule has 1 aliphatic heterocycles. The molecule has 3 heterocycles. The zero-order chi connectivity index (χ0) is 21.5. The quantitative estimate of drug-likeness (QED) is 0.449. The third-order valence-corrected chi connectivity index (χ3v) is 6.18. The molecule has 31 heavy (non-hydrogen) atoms. The van der Waals surface area contributed by atoms with Crippen molar-refractivity contribution in [3.05, 3.63) is 75.4 Å². The number of amides is 3. The van der Waals surface area contributed by atoms with Crippen molar-refractivity contribution in [3.63, 3.8) is 0 Å². The minimum absolute atomic E-state index is 0.190. The van der Waals surface area contributed by atoms with Gasteiger partial charge in [0.15, 0.2) is 0 Å². The normalized spacial score (nSPS) is 13.1. The maximum atomic E-state index is 12.5. The molecule has 4 aromatic rings. The Morgan fingerprint density at radius 2 is 1.81 bits per heavy atom. The largest absolute Gasteiger partial charge is 0.349 e. The van der Waals surface area contributed by atoms with E-state index in [0.29, 0.717) is 43.9 Å². The van der Waals surface area contributed by atoms with Gasteiger partial charge in [0, 0.05) is 18.4 Å². The number of H-pyrrole nitrogens is 1. The molecule has 0 spiro atoms. The molecule has 0 unspecified atom stereocenters. The zero-order valence-electron chi connectivity index (χ0n) is 15.9. The fourth-order valence-corrected chi connectivity index (χ4v) is 4.41. The van der Waals surface area contributed by atoms with Crippen molar-refractivity contribution in [2.45, 2.75) is 6.42 Å². The van der Waals surface area contributed by atoms with Gasteiger partial charge in [0.1, 0.15) is 10.7 Å². The van der Waals surface area contributed by atoms with Crippen LogP contribution in [0.5, 0.6) is 0 Å². The molecule has 2 aromatic carbocycles. The Balaban J connectivity index is 1.24. The number of nitrogens with zero attached hydrogens (tertiary/aromatic N) is 3. The van der Waals surface area contributed by atoms with E-state index in [-0.39, 0.29) is 24.3 Å². The lowest BCUT2D eigenvalue weighted by Gasteiger charge is -2.12. The molecule has 0 aliphatic carbocycles. The van der Waals surface area contributed by atoms with E-state index in [1.54, 1.807) is 36.4 Å². The van der Waals surface area contributed by atoms with Crippen LogP contribution in [0.1, 0.15) is 36.2 Å². The van der Waals surface area contributed by atoms with E-state index in [1.807, 2.05) is 12.1 Å². The van der Waals surface area contributed by atoms with E-state index < -0.39 is 0 Å². The molecule has 0 atom stereocenters. The Bertz CT molecular complexity index is 1330. The van der Waals surface area contributed by atoms with Crippen molar-refractivity contribution in [3.8, 4) is 0 Å². The fourth-order valence-electron chi connectivity index (χ4n) is 3.46. The summed E-state index contributed by atoms with van der Waals surface area (Å²) in [6.07, 6.45) is 0.348. The molecule has 8 nitrogen and oxygen atoms in total. The number of carbonyl (C=O) groups excluding carboxylic acids is 3. The van der Waals surface area contributed by atoms with Gasteiger partial charge in [-0.1, -0.05) is 47.2 Å². The van der Waals surface area contributed by atoms with E-state index in [1.165, 1.54) is 16.2 Å². The number of halogens is 1. The Labute approximate surface area is 184 Å². The highest BCUT2D eigenvalue weighted by molar-refractivity contribution is 7.15. The van der Waals surface area contributed by atoms with Crippen molar-refractivity contribution >= 4 is 56.7 Å². The molecule has 1 aliphatic rings. The number of rotatable bonds is 5. The molecule has 0 radical (unpaired) electrons. The predicted octanol–water partition coefficient (Wildman–Crippen LogP) is 3.76. The van der Waals surface area contributed by atoms with Crippen LogP contribution in [0.3, 0.4) is 0 Å². The van der Waals surface area contributed by atoms with Crippen LogP contribution in [0.25, 0.3) is 10.9 Å². The summed E-state index contributed by atoms with van der Waals surface area (Å²) >= 11 is 7.33. The van der Waals surface area contributed by atoms with Crippen LogP contribution in [0.15, 0.2) is 48.5 Å². The van der Waals surface area contributed by atoms with Crippen LogP contribution in [0, 0.1) is 0 Å². The first kappa shape index (κ1) is 19.4. The standard InChI is InChI=1S/C21H14ClN5O3S/c22-14-7-3-4-11-10-15(23-17(11)14)18(28)24-21-26-25-16(31-21)8-9-27-19(29)12-5-1-2-6-13(12)20(27)30/h1-7,10,23H,8-9H2,(H,24,26,28). The molecule has 3 amide bonds. The summed E-state index contributed by atoms with van der Waals surface area (Å²) in [5, 5.41) is 13.0. The van der Waals surface area contributed by atoms with E-state index in [2.05, 4.69) is 20.5 Å². The van der Waals surface area contributed by atoms with E-state index in [9.17, 15) is 14.4 Å². The van der Waals surface area contributed by atoms with Gasteiger partial charge in [-0.05, 0) is 24.3 Å². The number of benzene rings is 2. The number of anilines is 1. The van der Waals surface area contributed by atoms with Crippen molar-refractivity contribution < 1.29 is 14.4 Å². The number of carbonyl (C=O) groups is 3. The monoisotopic (exact) mass is 451 g/mol. The molecule has 10 heteroatoms. The second-order valence-electron chi connectivity index (χ2n) is 6.90. The van der Waals surface area contributed by atoms with Gasteiger partial charge in [-0.25, -0.2) is 0 Å². The maximum Gasteiger partial charge on any atom is 0.273 e. The van der Waals surface area contributed by atoms with Gasteiger partial charge < -0.3 is 4.98 Å². The lowest BCUT2D eigenvalue weighted by Crippen LogP contribution is -2.31. The van der Waals surface area contributed by atoms with Gasteiger partial charge in [0.2, 0.25) is 5.13 Å². The SMILES string of the molecule is O=C(Nc1nnc(CCN2C(=O)c3ccccc3C2=O)s1)c1cc2cccc(Cl)c2[nH]1. The van der Waals surface area contributed by atoms with Crippen molar-refractivity contribution in [2.24, 2.45) is 0 Å². The van der Waals surface area contributed by atoms with Crippen LogP contribution >= 0.6 is 22.9 Å². The molecule has 0 fully saturated rings. The number of hydrogen-bond donors (Lipinski definition) is 2. The van der Waals surface area contributed by atoms with E-state index in [4.69, 9.17) is 11.6 Å². The topological polar surface area (TPSA) is 108 Å². The van der Waals surface area contributed by atoms with Gasteiger partial charge >= 0.3 is 0 Å². The number of imide groups is 1. The van der Waals surface area contributed by atoms with Gasteiger partial charge in [0.05, 0.1) is 21.7 Å². The number of hydrogen-bond acceptors (Lipinski definition) is 6. The average molecular weight is 452 g/mol. The minimum Gasteiger partial charge on any atom is -0.349 e. The zero-order valence-corrected chi connectivity index (χ0v) is 17.5. The molecule has 0 saturated carbocycles. The Morgan fingerprint density at radius 1 is 1.06 bits per heavy atom. The summed E-state index contributed by atoms with van der Waals surface area (Å²) in [4.78, 5) is 41.6. The van der Waals surface area contributed by atoms with Crippen LogP contribution in [0.2, 0.25) is 5.02 Å². The molecule has 2 aromatic heterocycles. The highest BCUT2D eigenvalue weighted by atomic mass is 35.5. The molecule has 5 rings (SSSR count). The smallest absolute Gasteiger partial charge is 0.273 e. The summed E-state index contributed by atoms with van der Waals surface area (Å²) in [5.41, 5.74) is 1.87. The molecule has 0 saturated heterocycles. The van der Waals surface area contributed by atoms with Gasteiger partial charge in [0.25, 0.3) is 17.7 Å². The van der Waals surface area contributed by atoms with Crippen LogP contribution in [0.4, 0.5) is 5.13 Å². The highest BCUT2D eigenvalue weighted by Gasteiger charge is 2.34. The third-order valence-electron chi connectivity index (χ3n) is 4.96. The van der Waals surface area contributed by atoms with Crippen molar-refractivity contribution in [1.29, 1.82) is 0 Å². The number of aromatic nitrogens is 3. The Kier molecular flexibility index (Phi) is 4.76. The van der Waals surface area contributed by atoms with Gasteiger partial charge in [-0.15, -0.1) is 10.2 Å². The summed E-state index contributed by atoms with van der Waals surface area (Å²) in [6.45, 7) is 0.190. The molecule has 2 N–H and O–H groups in total.